The Morgan fingerprint density at radius 3 is 2.56 bits per heavy atom. The van der Waals surface area contributed by atoms with Gasteiger partial charge in [-0.2, -0.15) is 5.10 Å². The molecule has 1 amide bonds. The third kappa shape index (κ3) is 5.14. The number of nitrogens with zero attached hydrogens (tertiary/aromatic N) is 3. The highest BCUT2D eigenvalue weighted by molar-refractivity contribution is 6.07. The number of fused-ring (bicyclic) bond motifs is 1. The van der Waals surface area contributed by atoms with E-state index >= 15 is 0 Å². The smallest absolute Gasteiger partial charge is 0.272 e. The molecule has 0 unspecified atom stereocenters. The predicted molar refractivity (Wildman–Crippen MR) is 129 cm³/mol. The largest absolute Gasteiger partial charge is 0.494 e. The Morgan fingerprint density at radius 2 is 1.84 bits per heavy atom. The second-order valence-corrected chi connectivity index (χ2v) is 7.99. The Bertz CT molecular complexity index is 1100. The Kier molecular flexibility index (Phi) is 7.12. The van der Waals surface area contributed by atoms with Crippen molar-refractivity contribution in [2.75, 3.05) is 26.2 Å². The third-order valence-electron chi connectivity index (χ3n) is 5.71. The maximum Gasteiger partial charge on any atom is 0.272 e. The fourth-order valence-electron chi connectivity index (χ4n) is 4.05. The van der Waals surface area contributed by atoms with E-state index in [0.717, 1.165) is 72.5 Å². The first-order valence-electron chi connectivity index (χ1n) is 11.4. The van der Waals surface area contributed by atoms with Crippen LogP contribution in [0.5, 0.6) is 5.75 Å². The molecule has 0 atom stereocenters. The number of nitrogens with one attached hydrogen (secondary N) is 1. The lowest BCUT2D eigenvalue weighted by molar-refractivity contribution is 0.0956. The van der Waals surface area contributed by atoms with Gasteiger partial charge in [-0.05, 0) is 56.3 Å². The topological polar surface area (TPSA) is 66.8 Å². The van der Waals surface area contributed by atoms with Gasteiger partial charge in [-0.15, -0.1) is 0 Å². The first kappa shape index (κ1) is 22.0. The third-order valence-corrected chi connectivity index (χ3v) is 5.71. The highest BCUT2D eigenvalue weighted by atomic mass is 16.5. The normalized spacial score (nSPS) is 14.4. The van der Waals surface area contributed by atoms with Gasteiger partial charge < -0.3 is 9.64 Å². The van der Waals surface area contributed by atoms with Crippen molar-refractivity contribution in [2.45, 2.75) is 33.1 Å². The Hall–Kier alpha value is -3.25. The zero-order chi connectivity index (χ0) is 22.3. The van der Waals surface area contributed by atoms with Crippen LogP contribution in [0.15, 0.2) is 59.7 Å². The van der Waals surface area contributed by atoms with Crippen LogP contribution in [0.4, 0.5) is 0 Å². The summed E-state index contributed by atoms with van der Waals surface area (Å²) in [6.07, 6.45) is 2.96. The molecule has 1 N–H and O–H groups in total. The molecule has 6 nitrogen and oxygen atoms in total. The van der Waals surface area contributed by atoms with Crippen LogP contribution in [0, 0.1) is 0 Å². The molecule has 3 aromatic rings. The van der Waals surface area contributed by atoms with Crippen molar-refractivity contribution in [3.63, 3.8) is 0 Å². The average Bonchev–Trinajstić information content (AvgIpc) is 2.83. The minimum atomic E-state index is -0.209. The molecule has 1 saturated heterocycles. The lowest BCUT2D eigenvalue weighted by atomic mass is 10.0. The van der Waals surface area contributed by atoms with Crippen LogP contribution in [-0.4, -0.2) is 47.7 Å². The number of likely N-dealkylation sites (tertiary alicyclic amines) is 1. The summed E-state index contributed by atoms with van der Waals surface area (Å²) in [5, 5.41) is 5.27. The number of pyridine rings is 1. The van der Waals surface area contributed by atoms with Crippen molar-refractivity contribution >= 4 is 22.5 Å². The second kappa shape index (κ2) is 10.4. The minimum Gasteiger partial charge on any atom is -0.494 e. The van der Waals surface area contributed by atoms with Gasteiger partial charge in [0.25, 0.3) is 5.91 Å². The summed E-state index contributed by atoms with van der Waals surface area (Å²) < 4.78 is 5.54. The first-order chi connectivity index (χ1) is 15.7. The zero-order valence-electron chi connectivity index (χ0n) is 18.8. The average molecular weight is 431 g/mol. The summed E-state index contributed by atoms with van der Waals surface area (Å²) in [6, 6.07) is 17.3. The number of hydrogen-bond donors (Lipinski definition) is 1. The second-order valence-electron chi connectivity index (χ2n) is 7.99. The molecule has 32 heavy (non-hydrogen) atoms. The summed E-state index contributed by atoms with van der Waals surface area (Å²) in [5.41, 5.74) is 6.89. The molecule has 2 heterocycles. The molecule has 0 bridgehead atoms. The van der Waals surface area contributed by atoms with Crippen LogP contribution in [0.25, 0.3) is 22.2 Å². The summed E-state index contributed by atoms with van der Waals surface area (Å²) >= 11 is 0. The summed E-state index contributed by atoms with van der Waals surface area (Å²) in [5.74, 6) is 0.607. The maximum atomic E-state index is 13.1. The molecule has 2 aromatic carbocycles. The molecule has 1 aliphatic heterocycles. The summed E-state index contributed by atoms with van der Waals surface area (Å²) in [7, 11) is 0. The monoisotopic (exact) mass is 430 g/mol. The lowest BCUT2D eigenvalue weighted by Gasteiger charge is -2.26. The van der Waals surface area contributed by atoms with Crippen molar-refractivity contribution in [3.8, 4) is 17.0 Å². The standard InChI is InChI=1S/C26H30N4O2/c1-3-15-30-16-13-20(14-17-30)28-29-26(31)23-18-25(27-24-8-6-5-7-22(23)24)19-9-11-21(12-10-19)32-4-2/h5-12,18H,3-4,13-17H2,1-2H3,(H,29,31). The number of para-hydroxylation sites is 1. The van der Waals surface area contributed by atoms with E-state index in [0.29, 0.717) is 12.2 Å². The summed E-state index contributed by atoms with van der Waals surface area (Å²) in [4.78, 5) is 20.3. The number of piperidine rings is 1. The van der Waals surface area contributed by atoms with E-state index in [4.69, 9.17) is 9.72 Å². The van der Waals surface area contributed by atoms with Crippen LogP contribution in [0.3, 0.4) is 0 Å². The fraction of sp³-hybridized carbons (Fsp3) is 0.346. The molecule has 4 rings (SSSR count). The SMILES string of the molecule is CCCN1CCC(=NNC(=O)c2cc(-c3ccc(OCC)cc3)nc3ccccc23)CC1. The van der Waals surface area contributed by atoms with E-state index in [1.54, 1.807) is 0 Å². The van der Waals surface area contributed by atoms with Gasteiger partial charge in [-0.25, -0.2) is 10.4 Å². The van der Waals surface area contributed by atoms with Gasteiger partial charge in [0.05, 0.1) is 23.4 Å². The van der Waals surface area contributed by atoms with Gasteiger partial charge in [0.2, 0.25) is 0 Å². The van der Waals surface area contributed by atoms with Crippen LogP contribution in [0.2, 0.25) is 0 Å². The molecule has 0 spiro atoms. The summed E-state index contributed by atoms with van der Waals surface area (Å²) in [6.45, 7) is 7.91. The molecule has 1 aromatic heterocycles. The number of aromatic nitrogens is 1. The Balaban J connectivity index is 1.57. The number of amides is 1. The van der Waals surface area contributed by atoms with Gasteiger partial charge in [0.1, 0.15) is 5.75 Å². The van der Waals surface area contributed by atoms with Gasteiger partial charge in [-0.1, -0.05) is 25.1 Å². The molecule has 1 aliphatic rings. The molecule has 0 radical (unpaired) electrons. The quantitative estimate of drug-likeness (QED) is 0.542. The van der Waals surface area contributed by atoms with Crippen molar-refractivity contribution in [1.29, 1.82) is 0 Å². The maximum absolute atomic E-state index is 13.1. The molecule has 166 valence electrons. The Morgan fingerprint density at radius 1 is 1.09 bits per heavy atom. The van der Waals surface area contributed by atoms with Crippen molar-refractivity contribution < 1.29 is 9.53 Å². The molecular formula is C26H30N4O2. The van der Waals surface area contributed by atoms with Gasteiger partial charge in [-0.3, -0.25) is 4.79 Å². The molecule has 6 heteroatoms. The number of carbonyl (C=O) groups excluding carboxylic acids is 1. The van der Waals surface area contributed by atoms with Gasteiger partial charge >= 0.3 is 0 Å². The predicted octanol–water partition coefficient (Wildman–Crippen LogP) is 4.89. The number of rotatable bonds is 7. The van der Waals surface area contributed by atoms with E-state index in [1.165, 1.54) is 0 Å². The highest BCUT2D eigenvalue weighted by Gasteiger charge is 2.16. The molecular weight excluding hydrogens is 400 g/mol. The lowest BCUT2D eigenvalue weighted by Crippen LogP contribution is -2.35. The van der Waals surface area contributed by atoms with E-state index in [2.05, 4.69) is 22.4 Å². The van der Waals surface area contributed by atoms with Crippen molar-refractivity contribution in [3.05, 3.63) is 60.2 Å². The van der Waals surface area contributed by atoms with Crippen molar-refractivity contribution in [2.24, 2.45) is 5.10 Å². The number of carbonyl (C=O) groups is 1. The number of hydrazone groups is 1. The van der Waals surface area contributed by atoms with Crippen LogP contribution in [0.1, 0.15) is 43.5 Å². The van der Waals surface area contributed by atoms with Crippen LogP contribution in [-0.2, 0) is 0 Å². The molecule has 0 saturated carbocycles. The Labute approximate surface area is 189 Å². The van der Waals surface area contributed by atoms with Gasteiger partial charge in [0, 0.05) is 42.6 Å². The van der Waals surface area contributed by atoms with E-state index in [-0.39, 0.29) is 5.91 Å². The zero-order valence-corrected chi connectivity index (χ0v) is 18.8. The molecule has 1 fully saturated rings. The van der Waals surface area contributed by atoms with Crippen LogP contribution < -0.4 is 10.2 Å². The van der Waals surface area contributed by atoms with E-state index in [1.807, 2.05) is 61.5 Å². The van der Waals surface area contributed by atoms with E-state index < -0.39 is 0 Å². The van der Waals surface area contributed by atoms with Crippen molar-refractivity contribution in [1.82, 2.24) is 15.3 Å². The highest BCUT2D eigenvalue weighted by Crippen LogP contribution is 2.26. The van der Waals surface area contributed by atoms with E-state index in [9.17, 15) is 4.79 Å². The number of ether oxygens (including phenoxy) is 1. The first-order valence-corrected chi connectivity index (χ1v) is 11.4. The minimum absolute atomic E-state index is 0.209. The number of benzene rings is 2. The van der Waals surface area contributed by atoms with Crippen LogP contribution >= 0.6 is 0 Å². The fourth-order valence-corrected chi connectivity index (χ4v) is 4.05. The molecule has 0 aliphatic carbocycles. The number of hydrogen-bond acceptors (Lipinski definition) is 5. The van der Waals surface area contributed by atoms with Gasteiger partial charge in [0.15, 0.2) is 0 Å².